The minimum Gasteiger partial charge on any atom is -0.355 e. The van der Waals surface area contributed by atoms with E-state index in [4.69, 9.17) is 11.6 Å². The maximum Gasteiger partial charge on any atom is 0.224 e. The third-order valence-corrected chi connectivity index (χ3v) is 6.44. The monoisotopic (exact) mass is 455 g/mol. The molecule has 1 atom stereocenters. The second-order valence-corrected chi connectivity index (χ2v) is 9.17. The summed E-state index contributed by atoms with van der Waals surface area (Å²) in [6, 6.07) is 17.8. The number of carbonyl (C=O) groups is 1. The number of halogens is 1. The molecule has 0 aliphatic carbocycles. The molecule has 3 aromatic rings. The summed E-state index contributed by atoms with van der Waals surface area (Å²) in [5, 5.41) is 11.7. The summed E-state index contributed by atoms with van der Waals surface area (Å²) in [5.74, 6) is 1.68. The fourth-order valence-corrected chi connectivity index (χ4v) is 4.54. The van der Waals surface area contributed by atoms with Crippen molar-refractivity contribution in [3.63, 3.8) is 0 Å². The van der Waals surface area contributed by atoms with Crippen molar-refractivity contribution in [2.75, 3.05) is 25.4 Å². The third kappa shape index (κ3) is 6.32. The van der Waals surface area contributed by atoms with Crippen LogP contribution < -0.4 is 5.32 Å². The summed E-state index contributed by atoms with van der Waals surface area (Å²) in [4.78, 5) is 19.5. The molecule has 4 rings (SSSR count). The summed E-state index contributed by atoms with van der Waals surface area (Å²) in [7, 11) is 0. The topological polar surface area (TPSA) is 73.9 Å². The van der Waals surface area contributed by atoms with Crippen molar-refractivity contribution in [3.8, 4) is 11.4 Å². The number of benzene rings is 2. The zero-order chi connectivity index (χ0) is 21.5. The van der Waals surface area contributed by atoms with E-state index in [1.165, 1.54) is 17.3 Å². The standard InChI is InChI=1S/C23H26ClN5OS/c24-20-10-8-17(9-11-20)15-29-13-4-7-19(16-29)22(30)25-12-14-31-23-26-21(27-28-23)18-5-2-1-3-6-18/h1-3,5-6,8-11,19H,4,7,12-16H2,(H,25,30)(H,26,27,28)/t19-/m0/s1. The van der Waals surface area contributed by atoms with Gasteiger partial charge in [0.15, 0.2) is 5.82 Å². The predicted molar refractivity (Wildman–Crippen MR) is 125 cm³/mol. The molecule has 2 aromatic carbocycles. The van der Waals surface area contributed by atoms with Crippen molar-refractivity contribution in [2.24, 2.45) is 5.92 Å². The lowest BCUT2D eigenvalue weighted by atomic mass is 9.96. The number of hydrogen-bond donors (Lipinski definition) is 2. The molecule has 0 bridgehead atoms. The van der Waals surface area contributed by atoms with Crippen LogP contribution in [0.25, 0.3) is 11.4 Å². The molecule has 1 fully saturated rings. The zero-order valence-electron chi connectivity index (χ0n) is 17.3. The number of rotatable bonds is 8. The van der Waals surface area contributed by atoms with E-state index < -0.39 is 0 Å². The average molecular weight is 456 g/mol. The Bertz CT molecular complexity index is 979. The van der Waals surface area contributed by atoms with Crippen molar-refractivity contribution in [1.82, 2.24) is 25.4 Å². The van der Waals surface area contributed by atoms with Crippen LogP contribution in [-0.2, 0) is 11.3 Å². The molecule has 31 heavy (non-hydrogen) atoms. The third-order valence-electron chi connectivity index (χ3n) is 5.34. The van der Waals surface area contributed by atoms with Gasteiger partial charge in [-0.05, 0) is 37.1 Å². The molecule has 6 nitrogen and oxygen atoms in total. The number of carbonyl (C=O) groups excluding carboxylic acids is 1. The SMILES string of the molecule is O=C(NCCSc1n[nH]c(-c2ccccc2)n1)[C@H]1CCCN(Cc2ccc(Cl)cc2)C1. The molecule has 1 aliphatic heterocycles. The molecule has 1 amide bonds. The summed E-state index contributed by atoms with van der Waals surface area (Å²) in [5.41, 5.74) is 2.24. The van der Waals surface area contributed by atoms with Gasteiger partial charge in [-0.25, -0.2) is 4.98 Å². The Kier molecular flexibility index (Phi) is 7.61. The lowest BCUT2D eigenvalue weighted by Crippen LogP contribution is -2.43. The van der Waals surface area contributed by atoms with Gasteiger partial charge in [-0.1, -0.05) is 65.8 Å². The number of H-pyrrole nitrogens is 1. The van der Waals surface area contributed by atoms with Crippen LogP contribution in [0.1, 0.15) is 18.4 Å². The summed E-state index contributed by atoms with van der Waals surface area (Å²) in [6.45, 7) is 3.28. The maximum atomic E-state index is 12.6. The van der Waals surface area contributed by atoms with Gasteiger partial charge < -0.3 is 5.32 Å². The second-order valence-electron chi connectivity index (χ2n) is 7.67. The number of nitrogens with one attached hydrogen (secondary N) is 2. The molecule has 0 saturated carbocycles. The first-order valence-electron chi connectivity index (χ1n) is 10.5. The first kappa shape index (κ1) is 21.9. The fourth-order valence-electron chi connectivity index (χ4n) is 3.76. The van der Waals surface area contributed by atoms with E-state index in [2.05, 4.69) is 37.5 Å². The Hall–Kier alpha value is -2.35. The summed E-state index contributed by atoms with van der Waals surface area (Å²) >= 11 is 7.51. The molecule has 2 heterocycles. The molecule has 0 unspecified atom stereocenters. The van der Waals surface area contributed by atoms with E-state index in [1.54, 1.807) is 0 Å². The number of hydrogen-bond acceptors (Lipinski definition) is 5. The van der Waals surface area contributed by atoms with E-state index in [1.807, 2.05) is 42.5 Å². The van der Waals surface area contributed by atoms with Crippen LogP contribution in [-0.4, -0.2) is 51.4 Å². The zero-order valence-corrected chi connectivity index (χ0v) is 18.8. The van der Waals surface area contributed by atoms with Crippen LogP contribution in [0.3, 0.4) is 0 Å². The number of thioether (sulfide) groups is 1. The Labute approximate surface area is 191 Å². The van der Waals surface area contributed by atoms with Gasteiger partial charge in [-0.3, -0.25) is 14.8 Å². The van der Waals surface area contributed by atoms with Gasteiger partial charge in [-0.2, -0.15) is 0 Å². The lowest BCUT2D eigenvalue weighted by Gasteiger charge is -2.32. The van der Waals surface area contributed by atoms with E-state index in [9.17, 15) is 4.79 Å². The molecule has 2 N–H and O–H groups in total. The van der Waals surface area contributed by atoms with Crippen LogP contribution in [0.15, 0.2) is 59.8 Å². The fraction of sp³-hybridized carbons (Fsp3) is 0.348. The highest BCUT2D eigenvalue weighted by Gasteiger charge is 2.25. The van der Waals surface area contributed by atoms with Crippen LogP contribution in [0.5, 0.6) is 0 Å². The smallest absolute Gasteiger partial charge is 0.224 e. The minimum absolute atomic E-state index is 0.0410. The largest absolute Gasteiger partial charge is 0.355 e. The summed E-state index contributed by atoms with van der Waals surface area (Å²) in [6.07, 6.45) is 1.98. The van der Waals surface area contributed by atoms with Crippen molar-refractivity contribution in [2.45, 2.75) is 24.5 Å². The Balaban J connectivity index is 1.19. The average Bonchev–Trinajstić information content (AvgIpc) is 3.28. The molecular weight excluding hydrogens is 430 g/mol. The molecule has 162 valence electrons. The van der Waals surface area contributed by atoms with E-state index in [0.717, 1.165) is 54.6 Å². The van der Waals surface area contributed by atoms with Gasteiger partial charge in [0.2, 0.25) is 11.1 Å². The van der Waals surface area contributed by atoms with Crippen LogP contribution in [0.2, 0.25) is 5.02 Å². The van der Waals surface area contributed by atoms with Gasteiger partial charge in [0.1, 0.15) is 0 Å². The molecule has 0 radical (unpaired) electrons. The Morgan fingerprint density at radius 1 is 1.19 bits per heavy atom. The predicted octanol–water partition coefficient (Wildman–Crippen LogP) is 4.25. The van der Waals surface area contributed by atoms with Gasteiger partial charge in [0, 0.05) is 36.0 Å². The van der Waals surface area contributed by atoms with Gasteiger partial charge >= 0.3 is 0 Å². The molecule has 1 saturated heterocycles. The van der Waals surface area contributed by atoms with Crippen LogP contribution in [0.4, 0.5) is 0 Å². The van der Waals surface area contributed by atoms with Crippen LogP contribution >= 0.6 is 23.4 Å². The number of nitrogens with zero attached hydrogens (tertiary/aromatic N) is 3. The van der Waals surface area contributed by atoms with E-state index >= 15 is 0 Å². The highest BCUT2D eigenvalue weighted by atomic mass is 35.5. The Morgan fingerprint density at radius 2 is 2.00 bits per heavy atom. The highest BCUT2D eigenvalue weighted by molar-refractivity contribution is 7.99. The first-order chi connectivity index (χ1) is 15.2. The van der Waals surface area contributed by atoms with Crippen molar-refractivity contribution in [3.05, 3.63) is 65.2 Å². The number of aromatic nitrogens is 3. The second kappa shape index (κ2) is 10.8. The number of aromatic amines is 1. The first-order valence-corrected chi connectivity index (χ1v) is 11.9. The maximum absolute atomic E-state index is 12.6. The lowest BCUT2D eigenvalue weighted by molar-refractivity contribution is -0.126. The van der Waals surface area contributed by atoms with Crippen LogP contribution in [0, 0.1) is 5.92 Å². The molecule has 1 aromatic heterocycles. The molecule has 1 aliphatic rings. The number of amides is 1. The Morgan fingerprint density at radius 3 is 2.81 bits per heavy atom. The minimum atomic E-state index is 0.0410. The molecule has 8 heteroatoms. The molecule has 0 spiro atoms. The van der Waals surface area contributed by atoms with Crippen molar-refractivity contribution < 1.29 is 4.79 Å². The van der Waals surface area contributed by atoms with E-state index in [-0.39, 0.29) is 11.8 Å². The van der Waals surface area contributed by atoms with Gasteiger partial charge in [0.05, 0.1) is 5.92 Å². The molecular formula is C23H26ClN5OS. The van der Waals surface area contributed by atoms with Crippen molar-refractivity contribution in [1.29, 1.82) is 0 Å². The van der Waals surface area contributed by atoms with Gasteiger partial charge in [-0.15, -0.1) is 5.10 Å². The normalized spacial score (nSPS) is 16.9. The van der Waals surface area contributed by atoms with E-state index in [0.29, 0.717) is 11.7 Å². The van der Waals surface area contributed by atoms with Gasteiger partial charge in [0.25, 0.3) is 0 Å². The van der Waals surface area contributed by atoms with Crippen molar-refractivity contribution >= 4 is 29.3 Å². The highest BCUT2D eigenvalue weighted by Crippen LogP contribution is 2.21. The quantitative estimate of drug-likeness (QED) is 0.392. The number of piperidine rings is 1. The summed E-state index contributed by atoms with van der Waals surface area (Å²) < 4.78 is 0. The number of likely N-dealkylation sites (tertiary alicyclic amines) is 1.